The molecule has 0 unspecified atom stereocenters. The Hall–Kier alpha value is -2.55. The zero-order chi connectivity index (χ0) is 13.1. The number of carbonyl (C=O) groups excluding carboxylic acids is 1. The van der Waals surface area contributed by atoms with Gasteiger partial charge in [0.05, 0.1) is 0 Å². The summed E-state index contributed by atoms with van der Waals surface area (Å²) in [5.74, 6) is 0.0792. The van der Waals surface area contributed by atoms with Gasteiger partial charge in [0.25, 0.3) is 0 Å². The van der Waals surface area contributed by atoms with Crippen molar-refractivity contribution in [3.05, 3.63) is 72.3 Å². The second kappa shape index (κ2) is 4.98. The van der Waals surface area contributed by atoms with Crippen LogP contribution in [0.5, 0.6) is 0 Å². The Kier molecular flexibility index (Phi) is 3.02. The van der Waals surface area contributed by atoms with E-state index in [0.29, 0.717) is 12.0 Å². The molecule has 19 heavy (non-hydrogen) atoms. The van der Waals surface area contributed by atoms with Gasteiger partial charge in [-0.05, 0) is 23.1 Å². The van der Waals surface area contributed by atoms with Crippen molar-refractivity contribution in [1.82, 2.24) is 9.97 Å². The molecule has 0 atom stereocenters. The van der Waals surface area contributed by atoms with Gasteiger partial charge in [0, 0.05) is 42.2 Å². The maximum absolute atomic E-state index is 12.4. The van der Waals surface area contributed by atoms with E-state index in [1.165, 1.54) is 0 Å². The number of nitrogens with zero attached hydrogens (tertiary/aromatic N) is 2. The second-order valence-electron chi connectivity index (χ2n) is 4.36. The van der Waals surface area contributed by atoms with Crippen LogP contribution in [-0.2, 0) is 6.42 Å². The fraction of sp³-hybridized carbons (Fsp3) is 0.0625. The number of hydrogen-bond donors (Lipinski definition) is 0. The van der Waals surface area contributed by atoms with E-state index < -0.39 is 0 Å². The van der Waals surface area contributed by atoms with E-state index in [2.05, 4.69) is 9.97 Å². The van der Waals surface area contributed by atoms with E-state index in [1.807, 2.05) is 36.4 Å². The summed E-state index contributed by atoms with van der Waals surface area (Å²) in [6.07, 6.45) is 7.19. The highest BCUT2D eigenvalue weighted by Crippen LogP contribution is 2.18. The number of aromatic nitrogens is 2. The van der Waals surface area contributed by atoms with E-state index in [9.17, 15) is 4.79 Å². The number of fused-ring (bicyclic) bond motifs is 1. The molecule has 0 aliphatic rings. The van der Waals surface area contributed by atoms with Crippen LogP contribution in [0.15, 0.2) is 61.2 Å². The van der Waals surface area contributed by atoms with Gasteiger partial charge < -0.3 is 0 Å². The molecule has 0 N–H and O–H groups in total. The molecule has 0 spiro atoms. The summed E-state index contributed by atoms with van der Waals surface area (Å²) in [6.45, 7) is 0. The molecule has 3 heteroatoms. The lowest BCUT2D eigenvalue weighted by molar-refractivity contribution is 0.0994. The maximum atomic E-state index is 12.4. The molecule has 92 valence electrons. The van der Waals surface area contributed by atoms with Crippen LogP contribution in [0.1, 0.15) is 15.9 Å². The standard InChI is InChI=1S/C16H12N2O/c19-16(9-12-5-7-17-8-6-12)15-11-18-10-13-3-1-2-4-14(13)15/h1-8,10-11H,9H2. The lowest BCUT2D eigenvalue weighted by Crippen LogP contribution is -2.05. The highest BCUT2D eigenvalue weighted by molar-refractivity contribution is 6.08. The average molecular weight is 248 g/mol. The molecule has 0 amide bonds. The van der Waals surface area contributed by atoms with Gasteiger partial charge in [-0.15, -0.1) is 0 Å². The molecule has 0 bridgehead atoms. The van der Waals surface area contributed by atoms with Crippen LogP contribution in [0.2, 0.25) is 0 Å². The minimum atomic E-state index is 0.0792. The van der Waals surface area contributed by atoms with Crippen molar-refractivity contribution < 1.29 is 4.79 Å². The molecule has 0 aliphatic carbocycles. The fourth-order valence-corrected chi connectivity index (χ4v) is 2.12. The normalized spacial score (nSPS) is 10.5. The first-order valence-corrected chi connectivity index (χ1v) is 6.09. The van der Waals surface area contributed by atoms with Crippen LogP contribution < -0.4 is 0 Å². The van der Waals surface area contributed by atoms with E-state index in [-0.39, 0.29) is 5.78 Å². The largest absolute Gasteiger partial charge is 0.294 e. The molecule has 2 heterocycles. The fourth-order valence-electron chi connectivity index (χ4n) is 2.12. The third-order valence-electron chi connectivity index (χ3n) is 3.08. The molecule has 0 fully saturated rings. The van der Waals surface area contributed by atoms with Crippen molar-refractivity contribution in [2.75, 3.05) is 0 Å². The Bertz CT molecular complexity index is 718. The quantitative estimate of drug-likeness (QED) is 0.669. The number of benzene rings is 1. The van der Waals surface area contributed by atoms with Crippen molar-refractivity contribution in [2.24, 2.45) is 0 Å². The smallest absolute Gasteiger partial charge is 0.169 e. The molecular formula is C16H12N2O. The zero-order valence-electron chi connectivity index (χ0n) is 10.3. The molecule has 3 aromatic rings. The SMILES string of the molecule is O=C(Cc1ccncc1)c1cncc2ccccc12. The number of hydrogen-bond acceptors (Lipinski definition) is 3. The summed E-state index contributed by atoms with van der Waals surface area (Å²) in [4.78, 5) is 20.5. The van der Waals surface area contributed by atoms with Gasteiger partial charge in [-0.25, -0.2) is 0 Å². The van der Waals surface area contributed by atoms with E-state index in [4.69, 9.17) is 0 Å². The van der Waals surface area contributed by atoms with Crippen LogP contribution in [0.4, 0.5) is 0 Å². The monoisotopic (exact) mass is 248 g/mol. The highest BCUT2D eigenvalue weighted by atomic mass is 16.1. The van der Waals surface area contributed by atoms with Crippen molar-refractivity contribution in [3.8, 4) is 0 Å². The summed E-state index contributed by atoms with van der Waals surface area (Å²) in [5.41, 5.74) is 1.64. The number of Topliss-reactive ketones (excluding diaryl/α,β-unsaturated/α-hetero) is 1. The van der Waals surface area contributed by atoms with Crippen molar-refractivity contribution >= 4 is 16.6 Å². The Morgan fingerprint density at radius 2 is 1.74 bits per heavy atom. The van der Waals surface area contributed by atoms with Gasteiger partial charge in [0.2, 0.25) is 0 Å². The molecule has 3 nitrogen and oxygen atoms in total. The predicted octanol–water partition coefficient (Wildman–Crippen LogP) is 3.06. The van der Waals surface area contributed by atoms with Crippen LogP contribution in [0, 0.1) is 0 Å². The Morgan fingerprint density at radius 1 is 0.947 bits per heavy atom. The molecule has 3 rings (SSSR count). The Morgan fingerprint density at radius 3 is 2.58 bits per heavy atom. The first kappa shape index (κ1) is 11.5. The molecule has 0 saturated carbocycles. The van der Waals surface area contributed by atoms with Gasteiger partial charge in [-0.1, -0.05) is 24.3 Å². The molecule has 0 saturated heterocycles. The number of pyridine rings is 2. The summed E-state index contributed by atoms with van der Waals surface area (Å²) >= 11 is 0. The summed E-state index contributed by atoms with van der Waals surface area (Å²) in [7, 11) is 0. The van der Waals surface area contributed by atoms with Gasteiger partial charge in [-0.3, -0.25) is 14.8 Å². The van der Waals surface area contributed by atoms with Gasteiger partial charge in [-0.2, -0.15) is 0 Å². The third kappa shape index (κ3) is 2.36. The maximum Gasteiger partial charge on any atom is 0.169 e. The minimum Gasteiger partial charge on any atom is -0.294 e. The first-order chi connectivity index (χ1) is 9.34. The predicted molar refractivity (Wildman–Crippen MR) is 74.0 cm³/mol. The molecular weight excluding hydrogens is 236 g/mol. The minimum absolute atomic E-state index is 0.0792. The topological polar surface area (TPSA) is 42.9 Å². The average Bonchev–Trinajstić information content (AvgIpc) is 2.47. The first-order valence-electron chi connectivity index (χ1n) is 6.09. The van der Waals surface area contributed by atoms with Gasteiger partial charge in [0.1, 0.15) is 0 Å². The van der Waals surface area contributed by atoms with E-state index in [0.717, 1.165) is 16.3 Å². The lowest BCUT2D eigenvalue weighted by Gasteiger charge is -2.05. The van der Waals surface area contributed by atoms with Gasteiger partial charge in [0.15, 0.2) is 5.78 Å². The van der Waals surface area contributed by atoms with Crippen molar-refractivity contribution in [2.45, 2.75) is 6.42 Å². The summed E-state index contributed by atoms with van der Waals surface area (Å²) < 4.78 is 0. The van der Waals surface area contributed by atoms with Gasteiger partial charge >= 0.3 is 0 Å². The molecule has 0 aliphatic heterocycles. The number of rotatable bonds is 3. The third-order valence-corrected chi connectivity index (χ3v) is 3.08. The number of carbonyl (C=O) groups is 1. The van der Waals surface area contributed by atoms with Crippen LogP contribution >= 0.6 is 0 Å². The summed E-state index contributed by atoms with van der Waals surface area (Å²) in [5, 5.41) is 1.94. The Balaban J connectivity index is 1.98. The van der Waals surface area contributed by atoms with E-state index in [1.54, 1.807) is 24.8 Å². The van der Waals surface area contributed by atoms with E-state index >= 15 is 0 Å². The highest BCUT2D eigenvalue weighted by Gasteiger charge is 2.10. The van der Waals surface area contributed by atoms with Crippen molar-refractivity contribution in [1.29, 1.82) is 0 Å². The van der Waals surface area contributed by atoms with Crippen LogP contribution in [0.3, 0.4) is 0 Å². The van der Waals surface area contributed by atoms with Crippen LogP contribution in [-0.4, -0.2) is 15.8 Å². The zero-order valence-corrected chi connectivity index (χ0v) is 10.3. The van der Waals surface area contributed by atoms with Crippen molar-refractivity contribution in [3.63, 3.8) is 0 Å². The summed E-state index contributed by atoms with van der Waals surface area (Å²) in [6, 6.07) is 11.5. The molecule has 2 aromatic heterocycles. The number of ketones is 1. The lowest BCUT2D eigenvalue weighted by atomic mass is 10.0. The Labute approximate surface area is 111 Å². The molecule has 1 aromatic carbocycles. The van der Waals surface area contributed by atoms with Crippen LogP contribution in [0.25, 0.3) is 10.8 Å². The molecule has 0 radical (unpaired) electrons. The second-order valence-corrected chi connectivity index (χ2v) is 4.36.